The topological polar surface area (TPSA) is 43.0 Å². The van der Waals surface area contributed by atoms with E-state index in [0.29, 0.717) is 0 Å². The summed E-state index contributed by atoms with van der Waals surface area (Å²) in [6.07, 6.45) is 2.90. The van der Waals surface area contributed by atoms with E-state index < -0.39 is 0 Å². The highest BCUT2D eigenvalue weighted by Crippen LogP contribution is 2.23. The molecule has 0 radical (unpaired) electrons. The Morgan fingerprint density at radius 1 is 1.39 bits per heavy atom. The Morgan fingerprint density at radius 2 is 2.17 bits per heavy atom. The molecular weight excluding hydrogens is 294 g/mol. The van der Waals surface area contributed by atoms with Crippen molar-refractivity contribution in [1.29, 1.82) is 0 Å². The normalized spacial score (nSPS) is 11.1. The molecule has 4 nitrogen and oxygen atoms in total. The molecule has 0 saturated carbocycles. The van der Waals surface area contributed by atoms with E-state index in [1.165, 1.54) is 0 Å². The van der Waals surface area contributed by atoms with Gasteiger partial charge in [0.25, 0.3) is 0 Å². The molecule has 0 aliphatic rings. The Kier molecular flexibility index (Phi) is 4.24. The van der Waals surface area contributed by atoms with Crippen LogP contribution < -0.4 is 0 Å². The van der Waals surface area contributed by atoms with Gasteiger partial charge in [0, 0.05) is 18.4 Å². The van der Waals surface area contributed by atoms with Crippen LogP contribution in [0.2, 0.25) is 0 Å². The lowest BCUT2D eigenvalue weighted by atomic mass is 10.3. The maximum Gasteiger partial charge on any atom is 0.0832 e. The molecule has 0 atom stereocenters. The molecule has 2 heterocycles. The highest BCUT2D eigenvalue weighted by Gasteiger charge is 2.14. The van der Waals surface area contributed by atoms with Crippen molar-refractivity contribution in [2.45, 2.75) is 40.0 Å². The Labute approximate surface area is 115 Å². The van der Waals surface area contributed by atoms with Crippen molar-refractivity contribution in [1.82, 2.24) is 14.3 Å². The summed E-state index contributed by atoms with van der Waals surface area (Å²) in [5.41, 5.74) is 3.16. The van der Waals surface area contributed by atoms with Crippen molar-refractivity contribution in [3.63, 3.8) is 0 Å². The second kappa shape index (κ2) is 5.71. The van der Waals surface area contributed by atoms with Crippen LogP contribution in [0, 0.1) is 0 Å². The molecule has 2 rings (SSSR count). The first-order valence-electron chi connectivity index (χ1n) is 6.20. The zero-order valence-electron chi connectivity index (χ0n) is 10.7. The van der Waals surface area contributed by atoms with Crippen molar-refractivity contribution < 1.29 is 5.11 Å². The number of aliphatic hydroxyl groups is 1. The number of halogens is 1. The SMILES string of the molecule is CCc1nn(CC)c(Cn2cccc2CO)c1Br. The smallest absolute Gasteiger partial charge is 0.0832 e. The van der Waals surface area contributed by atoms with Gasteiger partial charge in [-0.2, -0.15) is 5.10 Å². The Bertz CT molecular complexity index is 530. The molecule has 0 aliphatic carbocycles. The third-order valence-corrected chi connectivity index (χ3v) is 4.02. The van der Waals surface area contributed by atoms with E-state index in [2.05, 4.69) is 34.9 Å². The van der Waals surface area contributed by atoms with Crippen molar-refractivity contribution in [2.24, 2.45) is 0 Å². The number of aliphatic hydroxyl groups excluding tert-OH is 1. The first kappa shape index (κ1) is 13.4. The van der Waals surface area contributed by atoms with Crippen LogP contribution in [0.5, 0.6) is 0 Å². The molecule has 0 unspecified atom stereocenters. The van der Waals surface area contributed by atoms with Crippen LogP contribution in [0.4, 0.5) is 0 Å². The predicted octanol–water partition coefficient (Wildman–Crippen LogP) is 2.57. The molecule has 0 amide bonds. The van der Waals surface area contributed by atoms with Gasteiger partial charge in [0.1, 0.15) is 0 Å². The first-order chi connectivity index (χ1) is 8.71. The molecule has 0 aromatic carbocycles. The predicted molar refractivity (Wildman–Crippen MR) is 74.4 cm³/mol. The van der Waals surface area contributed by atoms with E-state index in [1.807, 2.05) is 27.6 Å². The van der Waals surface area contributed by atoms with Gasteiger partial charge in [-0.1, -0.05) is 6.92 Å². The van der Waals surface area contributed by atoms with E-state index in [0.717, 1.165) is 41.1 Å². The van der Waals surface area contributed by atoms with Gasteiger partial charge < -0.3 is 9.67 Å². The van der Waals surface area contributed by atoms with Gasteiger partial charge in [0.05, 0.1) is 29.0 Å². The quantitative estimate of drug-likeness (QED) is 0.922. The summed E-state index contributed by atoms with van der Waals surface area (Å²) in [5.74, 6) is 0. The van der Waals surface area contributed by atoms with E-state index in [4.69, 9.17) is 0 Å². The molecule has 0 saturated heterocycles. The van der Waals surface area contributed by atoms with Gasteiger partial charge in [-0.25, -0.2) is 0 Å². The van der Waals surface area contributed by atoms with Gasteiger partial charge in [0.2, 0.25) is 0 Å². The first-order valence-corrected chi connectivity index (χ1v) is 6.99. The summed E-state index contributed by atoms with van der Waals surface area (Å²) < 4.78 is 5.15. The average Bonchev–Trinajstić information content (AvgIpc) is 2.95. The maximum absolute atomic E-state index is 9.28. The Morgan fingerprint density at radius 3 is 2.78 bits per heavy atom. The molecule has 2 aromatic heterocycles. The summed E-state index contributed by atoms with van der Waals surface area (Å²) in [7, 11) is 0. The average molecular weight is 312 g/mol. The molecule has 0 aliphatic heterocycles. The minimum absolute atomic E-state index is 0.0610. The summed E-state index contributed by atoms with van der Waals surface area (Å²) in [5, 5.41) is 13.9. The van der Waals surface area contributed by atoms with Crippen LogP contribution in [-0.4, -0.2) is 19.5 Å². The molecule has 2 aromatic rings. The Hall–Kier alpha value is -1.07. The second-order valence-electron chi connectivity index (χ2n) is 4.16. The van der Waals surface area contributed by atoms with Gasteiger partial charge in [-0.15, -0.1) is 0 Å². The van der Waals surface area contributed by atoms with Crippen molar-refractivity contribution in [3.8, 4) is 0 Å². The number of nitrogens with zero attached hydrogens (tertiary/aromatic N) is 3. The zero-order chi connectivity index (χ0) is 13.1. The van der Waals surface area contributed by atoms with E-state index in [1.54, 1.807) is 0 Å². The van der Waals surface area contributed by atoms with Crippen LogP contribution in [0.1, 0.15) is 30.9 Å². The van der Waals surface area contributed by atoms with Crippen LogP contribution in [0.25, 0.3) is 0 Å². The van der Waals surface area contributed by atoms with E-state index in [9.17, 15) is 5.11 Å². The highest BCUT2D eigenvalue weighted by atomic mass is 79.9. The molecule has 98 valence electrons. The molecule has 18 heavy (non-hydrogen) atoms. The maximum atomic E-state index is 9.28. The number of hydrogen-bond acceptors (Lipinski definition) is 2. The van der Waals surface area contributed by atoms with Crippen molar-refractivity contribution in [3.05, 3.63) is 39.9 Å². The lowest BCUT2D eigenvalue weighted by Crippen LogP contribution is -2.09. The Balaban J connectivity index is 2.36. The van der Waals surface area contributed by atoms with E-state index >= 15 is 0 Å². The minimum atomic E-state index is 0.0610. The molecular formula is C13H18BrN3O. The van der Waals surface area contributed by atoms with Crippen molar-refractivity contribution >= 4 is 15.9 Å². The number of rotatable bonds is 5. The lowest BCUT2D eigenvalue weighted by Gasteiger charge is -2.09. The van der Waals surface area contributed by atoms with Crippen LogP contribution in [0.15, 0.2) is 22.8 Å². The monoisotopic (exact) mass is 311 g/mol. The molecule has 5 heteroatoms. The fraction of sp³-hybridized carbons (Fsp3) is 0.462. The standard InChI is InChI=1S/C13H18BrN3O/c1-3-11-13(14)12(17(4-2)15-11)8-16-7-5-6-10(16)9-18/h5-7,18H,3-4,8-9H2,1-2H3. The zero-order valence-corrected chi connectivity index (χ0v) is 12.3. The molecule has 0 spiro atoms. The molecule has 1 N–H and O–H groups in total. The fourth-order valence-electron chi connectivity index (χ4n) is 2.08. The third-order valence-electron chi connectivity index (χ3n) is 3.10. The summed E-state index contributed by atoms with van der Waals surface area (Å²) in [4.78, 5) is 0. The van der Waals surface area contributed by atoms with Gasteiger partial charge in [-0.05, 0) is 41.4 Å². The highest BCUT2D eigenvalue weighted by molar-refractivity contribution is 9.10. The largest absolute Gasteiger partial charge is 0.390 e. The third kappa shape index (κ3) is 2.37. The summed E-state index contributed by atoms with van der Waals surface area (Å²) >= 11 is 3.64. The number of aromatic nitrogens is 3. The molecule has 0 fully saturated rings. The number of aryl methyl sites for hydroxylation is 2. The number of hydrogen-bond donors (Lipinski definition) is 1. The van der Waals surface area contributed by atoms with Gasteiger partial charge in [-0.3, -0.25) is 4.68 Å². The summed E-state index contributed by atoms with van der Waals surface area (Å²) in [6.45, 7) is 5.83. The summed E-state index contributed by atoms with van der Waals surface area (Å²) in [6, 6.07) is 3.88. The lowest BCUT2D eigenvalue weighted by molar-refractivity contribution is 0.271. The fourth-order valence-corrected chi connectivity index (χ4v) is 2.77. The minimum Gasteiger partial charge on any atom is -0.390 e. The second-order valence-corrected chi connectivity index (χ2v) is 4.96. The van der Waals surface area contributed by atoms with Crippen LogP contribution >= 0.6 is 15.9 Å². The van der Waals surface area contributed by atoms with E-state index in [-0.39, 0.29) is 6.61 Å². The van der Waals surface area contributed by atoms with Crippen LogP contribution in [0.3, 0.4) is 0 Å². The van der Waals surface area contributed by atoms with Gasteiger partial charge in [0.15, 0.2) is 0 Å². The molecule has 0 bridgehead atoms. The van der Waals surface area contributed by atoms with Crippen LogP contribution in [-0.2, 0) is 26.1 Å². The van der Waals surface area contributed by atoms with Crippen molar-refractivity contribution in [2.75, 3.05) is 0 Å². The van der Waals surface area contributed by atoms with Gasteiger partial charge >= 0.3 is 0 Å².